The molecule has 0 spiro atoms. The Bertz CT molecular complexity index is 461. The first-order valence-corrected chi connectivity index (χ1v) is 5.89. The molecule has 0 aromatic heterocycles. The van der Waals surface area contributed by atoms with Crippen molar-refractivity contribution in [3.05, 3.63) is 60.1 Å². The van der Waals surface area contributed by atoms with Crippen LogP contribution in [0.1, 0.15) is 13.3 Å². The number of allylic oxidation sites excluding steroid dienone is 6. The average molecular weight is 226 g/mol. The lowest BCUT2D eigenvalue weighted by atomic mass is 9.97. The van der Waals surface area contributed by atoms with E-state index in [-0.39, 0.29) is 0 Å². The third-order valence-electron chi connectivity index (χ3n) is 2.95. The van der Waals surface area contributed by atoms with Crippen molar-refractivity contribution in [2.75, 3.05) is 7.05 Å². The highest BCUT2D eigenvalue weighted by atomic mass is 15.1. The minimum Gasteiger partial charge on any atom is -0.351 e. The lowest BCUT2D eigenvalue weighted by Gasteiger charge is -2.21. The second kappa shape index (κ2) is 5.00. The molecule has 0 saturated heterocycles. The summed E-state index contributed by atoms with van der Waals surface area (Å²) in [6.07, 6.45) is 15.4. The predicted octanol–water partition coefficient (Wildman–Crippen LogP) is 3.44. The maximum absolute atomic E-state index is 4.28. The first-order chi connectivity index (χ1) is 8.16. The van der Waals surface area contributed by atoms with Crippen molar-refractivity contribution in [3.8, 4) is 0 Å². The maximum Gasteiger partial charge on any atom is 0.0343 e. The summed E-state index contributed by atoms with van der Waals surface area (Å²) < 4.78 is 0. The van der Waals surface area contributed by atoms with Gasteiger partial charge in [0, 0.05) is 31.4 Å². The lowest BCUT2D eigenvalue weighted by molar-refractivity contribution is 0.582. The van der Waals surface area contributed by atoms with Crippen LogP contribution in [0.5, 0.6) is 0 Å². The van der Waals surface area contributed by atoms with Gasteiger partial charge in [-0.1, -0.05) is 31.7 Å². The van der Waals surface area contributed by atoms with Gasteiger partial charge in [0.15, 0.2) is 0 Å². The van der Waals surface area contributed by atoms with Crippen LogP contribution >= 0.6 is 0 Å². The molecule has 1 unspecified atom stereocenters. The summed E-state index contributed by atoms with van der Waals surface area (Å²) in [5.41, 5.74) is 3.37. The van der Waals surface area contributed by atoms with Crippen molar-refractivity contribution < 1.29 is 0 Å². The molecule has 2 aliphatic rings. The molecule has 0 aliphatic carbocycles. The van der Waals surface area contributed by atoms with Gasteiger partial charge in [-0.05, 0) is 29.6 Å². The van der Waals surface area contributed by atoms with Gasteiger partial charge in [-0.15, -0.1) is 0 Å². The van der Waals surface area contributed by atoms with Crippen LogP contribution in [0.2, 0.25) is 0 Å². The Morgan fingerprint density at radius 2 is 2.18 bits per heavy atom. The molecule has 2 heteroatoms. The van der Waals surface area contributed by atoms with E-state index >= 15 is 0 Å². The first kappa shape index (κ1) is 11.6. The van der Waals surface area contributed by atoms with Crippen LogP contribution in [-0.4, -0.2) is 18.2 Å². The molecule has 88 valence electrons. The molecule has 0 N–H and O–H groups in total. The van der Waals surface area contributed by atoms with E-state index in [1.807, 2.05) is 30.4 Å². The fraction of sp³-hybridized carbons (Fsp3) is 0.267. The van der Waals surface area contributed by atoms with Crippen LogP contribution in [0.15, 0.2) is 65.1 Å². The highest BCUT2D eigenvalue weighted by Crippen LogP contribution is 2.22. The van der Waals surface area contributed by atoms with E-state index < -0.39 is 0 Å². The molecule has 17 heavy (non-hydrogen) atoms. The Balaban J connectivity index is 2.30. The normalized spacial score (nSPS) is 24.2. The standard InChI is InChI=1S/C15H18N2/c1-12-5-4-8-16-10-15(9-12)14-7-6-13(2)17(3)11-14/h4,6-12H,2,5H2,1,3H3. The van der Waals surface area contributed by atoms with Crippen LogP contribution in [0.3, 0.4) is 0 Å². The Hall–Kier alpha value is -1.83. The van der Waals surface area contributed by atoms with Crippen molar-refractivity contribution >= 4 is 6.21 Å². The SMILES string of the molecule is C=C1C=CC(C2=CC(C)CC=CN=C2)=CN1C. The third-order valence-corrected chi connectivity index (χ3v) is 2.95. The van der Waals surface area contributed by atoms with Gasteiger partial charge >= 0.3 is 0 Å². The lowest BCUT2D eigenvalue weighted by Crippen LogP contribution is -2.12. The molecule has 0 fully saturated rings. The Labute approximate surface area is 103 Å². The van der Waals surface area contributed by atoms with Gasteiger partial charge in [0.2, 0.25) is 0 Å². The van der Waals surface area contributed by atoms with Gasteiger partial charge < -0.3 is 4.90 Å². The molecule has 0 saturated carbocycles. The van der Waals surface area contributed by atoms with Crippen molar-refractivity contribution in [1.82, 2.24) is 4.90 Å². The van der Waals surface area contributed by atoms with E-state index in [2.05, 4.69) is 42.9 Å². The second-order valence-corrected chi connectivity index (χ2v) is 4.52. The van der Waals surface area contributed by atoms with E-state index in [9.17, 15) is 0 Å². The molecule has 0 bridgehead atoms. The minimum absolute atomic E-state index is 0.540. The maximum atomic E-state index is 4.28. The molecular weight excluding hydrogens is 208 g/mol. The van der Waals surface area contributed by atoms with Crippen molar-refractivity contribution in [1.29, 1.82) is 0 Å². The molecule has 0 aromatic rings. The summed E-state index contributed by atoms with van der Waals surface area (Å²) in [7, 11) is 2.01. The van der Waals surface area contributed by atoms with E-state index in [0.717, 1.165) is 12.1 Å². The summed E-state index contributed by atoms with van der Waals surface area (Å²) >= 11 is 0. The number of hydrogen-bond acceptors (Lipinski definition) is 2. The van der Waals surface area contributed by atoms with E-state index in [1.165, 1.54) is 11.1 Å². The van der Waals surface area contributed by atoms with Crippen molar-refractivity contribution in [2.24, 2.45) is 10.9 Å². The zero-order valence-corrected chi connectivity index (χ0v) is 10.4. The zero-order valence-electron chi connectivity index (χ0n) is 10.4. The van der Waals surface area contributed by atoms with Crippen LogP contribution in [0.25, 0.3) is 0 Å². The van der Waals surface area contributed by atoms with E-state index in [4.69, 9.17) is 0 Å². The summed E-state index contributed by atoms with van der Waals surface area (Å²) in [6.45, 7) is 6.17. The molecule has 2 rings (SSSR count). The van der Waals surface area contributed by atoms with Gasteiger partial charge in [0.05, 0.1) is 0 Å². The molecule has 1 atom stereocenters. The number of hydrogen-bond donors (Lipinski definition) is 0. The molecular formula is C15H18N2. The monoisotopic (exact) mass is 226 g/mol. The number of likely N-dealkylation sites (N-methyl/N-ethyl adjacent to an activating group) is 1. The molecule has 2 nitrogen and oxygen atoms in total. The smallest absolute Gasteiger partial charge is 0.0343 e. The van der Waals surface area contributed by atoms with Gasteiger partial charge in [0.25, 0.3) is 0 Å². The van der Waals surface area contributed by atoms with Crippen LogP contribution in [0, 0.1) is 5.92 Å². The van der Waals surface area contributed by atoms with E-state index in [1.54, 1.807) is 0 Å². The quantitative estimate of drug-likeness (QED) is 0.668. The fourth-order valence-electron chi connectivity index (χ4n) is 1.86. The second-order valence-electron chi connectivity index (χ2n) is 4.52. The summed E-state index contributed by atoms with van der Waals surface area (Å²) in [5.74, 6) is 0.540. The van der Waals surface area contributed by atoms with Gasteiger partial charge in [-0.2, -0.15) is 0 Å². The number of aliphatic imine (C=N–C) groups is 1. The van der Waals surface area contributed by atoms with Gasteiger partial charge in [0.1, 0.15) is 0 Å². The highest BCUT2D eigenvalue weighted by molar-refractivity contribution is 5.86. The van der Waals surface area contributed by atoms with Crippen LogP contribution in [0.4, 0.5) is 0 Å². The zero-order chi connectivity index (χ0) is 12.3. The first-order valence-electron chi connectivity index (χ1n) is 5.89. The minimum atomic E-state index is 0.540. The Kier molecular flexibility index (Phi) is 3.43. The van der Waals surface area contributed by atoms with Crippen molar-refractivity contribution in [2.45, 2.75) is 13.3 Å². The summed E-state index contributed by atoms with van der Waals surface area (Å²) in [5, 5.41) is 0. The largest absolute Gasteiger partial charge is 0.351 e. The summed E-state index contributed by atoms with van der Waals surface area (Å²) in [6, 6.07) is 0. The Morgan fingerprint density at radius 1 is 1.35 bits per heavy atom. The van der Waals surface area contributed by atoms with E-state index in [0.29, 0.717) is 5.92 Å². The fourth-order valence-corrected chi connectivity index (χ4v) is 1.86. The molecule has 0 amide bonds. The van der Waals surface area contributed by atoms with Gasteiger partial charge in [-0.25, -0.2) is 0 Å². The average Bonchev–Trinajstić information content (AvgIpc) is 2.27. The molecule has 2 heterocycles. The number of rotatable bonds is 1. The Morgan fingerprint density at radius 3 is 2.94 bits per heavy atom. The summed E-state index contributed by atoms with van der Waals surface area (Å²) in [4.78, 5) is 6.31. The molecule has 2 aliphatic heterocycles. The molecule has 0 radical (unpaired) electrons. The number of nitrogens with zero attached hydrogens (tertiary/aromatic N) is 2. The van der Waals surface area contributed by atoms with Crippen LogP contribution in [-0.2, 0) is 0 Å². The highest BCUT2D eigenvalue weighted by Gasteiger charge is 2.09. The van der Waals surface area contributed by atoms with Crippen LogP contribution < -0.4 is 0 Å². The molecule has 0 aromatic carbocycles. The van der Waals surface area contributed by atoms with Gasteiger partial charge in [-0.3, -0.25) is 4.99 Å². The predicted molar refractivity (Wildman–Crippen MR) is 73.6 cm³/mol. The topological polar surface area (TPSA) is 15.6 Å². The van der Waals surface area contributed by atoms with Crippen molar-refractivity contribution in [3.63, 3.8) is 0 Å². The third kappa shape index (κ3) is 2.84.